The summed E-state index contributed by atoms with van der Waals surface area (Å²) in [5, 5.41) is 4.24. The quantitative estimate of drug-likeness (QED) is 0.331. The fraction of sp³-hybridized carbons (Fsp3) is 0.391. The molecule has 0 unspecified atom stereocenters. The zero-order valence-electron chi connectivity index (χ0n) is 16.6. The average molecular weight is 369 g/mol. The van der Waals surface area contributed by atoms with Gasteiger partial charge in [-0.05, 0) is 74.6 Å². The van der Waals surface area contributed by atoms with Crippen LogP contribution in [-0.2, 0) is 0 Å². The number of hydrogen-bond acceptors (Lipinski definition) is 1. The minimum atomic E-state index is -1.98. The Kier molecular flexibility index (Phi) is 5.11. The molecule has 0 aliphatic rings. The fourth-order valence-corrected chi connectivity index (χ4v) is 9.81. The number of benzene rings is 3. The van der Waals surface area contributed by atoms with E-state index in [0.717, 1.165) is 27.3 Å². The molecule has 1 nitrogen and oxygen atoms in total. The lowest BCUT2D eigenvalue weighted by Crippen LogP contribution is -2.50. The Bertz CT molecular complexity index is 908. The van der Waals surface area contributed by atoms with Crippen LogP contribution in [0.4, 0.5) is 4.39 Å². The Balaban J connectivity index is 2.08. The van der Waals surface area contributed by atoms with Gasteiger partial charge in [0.05, 0.1) is 0 Å². The molecule has 0 bridgehead atoms. The van der Waals surface area contributed by atoms with Gasteiger partial charge in [-0.15, -0.1) is 0 Å². The molecule has 138 valence electrons. The summed E-state index contributed by atoms with van der Waals surface area (Å²) in [5.74, 6) is 0.742. The van der Waals surface area contributed by atoms with Crippen LogP contribution in [0.2, 0.25) is 16.6 Å². The van der Waals surface area contributed by atoms with Gasteiger partial charge in [0.15, 0.2) is 0 Å². The lowest BCUT2D eigenvalue weighted by molar-refractivity contribution is 0.480. The van der Waals surface area contributed by atoms with E-state index in [1.807, 2.05) is 6.07 Å². The summed E-state index contributed by atoms with van der Waals surface area (Å²) in [5.41, 5.74) is 1.59. The molecule has 3 heteroatoms. The maximum atomic E-state index is 13.6. The highest BCUT2D eigenvalue weighted by molar-refractivity contribution is 6.78. The molecule has 0 heterocycles. The van der Waals surface area contributed by atoms with Gasteiger partial charge in [-0.25, -0.2) is 4.39 Å². The summed E-state index contributed by atoms with van der Waals surface area (Å²) in [6.07, 6.45) is 0. The predicted molar refractivity (Wildman–Crippen MR) is 113 cm³/mol. The van der Waals surface area contributed by atoms with Gasteiger partial charge < -0.3 is 4.43 Å². The molecule has 0 saturated heterocycles. The molecule has 3 aromatic carbocycles. The topological polar surface area (TPSA) is 9.23 Å². The second-order valence-electron chi connectivity index (χ2n) is 8.27. The van der Waals surface area contributed by atoms with E-state index in [4.69, 9.17) is 4.43 Å². The van der Waals surface area contributed by atoms with Crippen LogP contribution in [0.5, 0.6) is 5.75 Å². The fourth-order valence-electron chi connectivity index (χ4n) is 4.57. The summed E-state index contributed by atoms with van der Waals surface area (Å²) >= 11 is 0. The van der Waals surface area contributed by atoms with Gasteiger partial charge in [-0.3, -0.25) is 0 Å². The Morgan fingerprint density at radius 3 is 1.73 bits per heavy atom. The standard InChI is InChI=1S/C23H29FOSi/c1-15(2)26(16(3)4,17(5)6)25-23-10-8-19-11-18-7-9-22(24)13-20(18)12-21(19)14-23/h7-17H,1-6H3. The monoisotopic (exact) mass is 368 g/mol. The second kappa shape index (κ2) is 7.03. The zero-order chi connectivity index (χ0) is 19.1. The third kappa shape index (κ3) is 3.25. The molecule has 0 radical (unpaired) electrons. The van der Waals surface area contributed by atoms with Gasteiger partial charge in [0.1, 0.15) is 11.6 Å². The van der Waals surface area contributed by atoms with E-state index in [9.17, 15) is 4.39 Å². The molecular formula is C23H29FOSi. The van der Waals surface area contributed by atoms with Crippen molar-refractivity contribution in [3.05, 3.63) is 54.3 Å². The van der Waals surface area contributed by atoms with Gasteiger partial charge in [0, 0.05) is 0 Å². The molecule has 0 saturated carbocycles. The highest BCUT2D eigenvalue weighted by Crippen LogP contribution is 2.43. The predicted octanol–water partition coefficient (Wildman–Crippen LogP) is 7.69. The van der Waals surface area contributed by atoms with E-state index >= 15 is 0 Å². The van der Waals surface area contributed by atoms with Crippen molar-refractivity contribution in [3.8, 4) is 5.75 Å². The van der Waals surface area contributed by atoms with Crippen molar-refractivity contribution in [1.82, 2.24) is 0 Å². The summed E-state index contributed by atoms with van der Waals surface area (Å²) < 4.78 is 20.4. The molecule has 3 rings (SSSR count). The zero-order valence-corrected chi connectivity index (χ0v) is 17.6. The number of fused-ring (bicyclic) bond motifs is 2. The molecular weight excluding hydrogens is 339 g/mol. The largest absolute Gasteiger partial charge is 0.543 e. The summed E-state index contributed by atoms with van der Waals surface area (Å²) in [4.78, 5) is 0. The van der Waals surface area contributed by atoms with Crippen LogP contribution >= 0.6 is 0 Å². The van der Waals surface area contributed by atoms with Crippen LogP contribution in [0.25, 0.3) is 21.5 Å². The maximum absolute atomic E-state index is 13.6. The normalized spacial score (nSPS) is 12.7. The first-order chi connectivity index (χ1) is 12.2. The van der Waals surface area contributed by atoms with Crippen LogP contribution in [0.15, 0.2) is 48.5 Å². The summed E-state index contributed by atoms with van der Waals surface area (Å²) in [6.45, 7) is 13.8. The maximum Gasteiger partial charge on any atom is 0.258 e. The van der Waals surface area contributed by atoms with Crippen LogP contribution in [-0.4, -0.2) is 8.32 Å². The Morgan fingerprint density at radius 1 is 0.654 bits per heavy atom. The molecule has 26 heavy (non-hydrogen) atoms. The number of rotatable bonds is 5. The molecule has 0 atom stereocenters. The number of halogens is 1. The van der Waals surface area contributed by atoms with Crippen LogP contribution in [0, 0.1) is 5.82 Å². The average Bonchev–Trinajstić information content (AvgIpc) is 2.56. The molecule has 0 fully saturated rings. The van der Waals surface area contributed by atoms with Crippen molar-refractivity contribution < 1.29 is 8.82 Å². The third-order valence-electron chi connectivity index (χ3n) is 5.73. The van der Waals surface area contributed by atoms with E-state index in [2.05, 4.69) is 71.9 Å². The van der Waals surface area contributed by atoms with Crippen molar-refractivity contribution in [2.75, 3.05) is 0 Å². The van der Waals surface area contributed by atoms with E-state index < -0.39 is 8.32 Å². The molecule has 0 amide bonds. The van der Waals surface area contributed by atoms with Crippen molar-refractivity contribution in [1.29, 1.82) is 0 Å². The van der Waals surface area contributed by atoms with Crippen molar-refractivity contribution in [2.24, 2.45) is 0 Å². The Morgan fingerprint density at radius 2 is 1.15 bits per heavy atom. The molecule has 0 N–H and O–H groups in total. The Hall–Kier alpha value is -1.87. The first kappa shape index (κ1) is 18.9. The molecule has 0 aromatic heterocycles. The number of hydrogen-bond donors (Lipinski definition) is 0. The van der Waals surface area contributed by atoms with E-state index in [0.29, 0.717) is 16.6 Å². The smallest absolute Gasteiger partial charge is 0.258 e. The van der Waals surface area contributed by atoms with Gasteiger partial charge in [0.25, 0.3) is 8.32 Å². The van der Waals surface area contributed by atoms with E-state index in [1.54, 1.807) is 6.07 Å². The van der Waals surface area contributed by atoms with Gasteiger partial charge in [-0.2, -0.15) is 0 Å². The Labute approximate surface area is 157 Å². The molecule has 0 aliphatic heterocycles. The first-order valence-corrected chi connectivity index (χ1v) is 11.7. The van der Waals surface area contributed by atoms with E-state index in [1.165, 1.54) is 6.07 Å². The highest BCUT2D eigenvalue weighted by atomic mass is 28.4. The van der Waals surface area contributed by atoms with Gasteiger partial charge in [-0.1, -0.05) is 53.7 Å². The van der Waals surface area contributed by atoms with E-state index in [-0.39, 0.29) is 5.82 Å². The summed E-state index contributed by atoms with van der Waals surface area (Å²) in [7, 11) is -1.98. The molecule has 3 aromatic rings. The SMILES string of the molecule is CC(C)[Si](Oc1ccc2cc3ccc(F)cc3cc2c1)(C(C)C)C(C)C. The highest BCUT2D eigenvalue weighted by Gasteiger charge is 2.46. The summed E-state index contributed by atoms with van der Waals surface area (Å²) in [6, 6.07) is 15.4. The minimum Gasteiger partial charge on any atom is -0.543 e. The van der Waals surface area contributed by atoms with Crippen molar-refractivity contribution >= 4 is 29.9 Å². The first-order valence-electron chi connectivity index (χ1n) is 9.56. The third-order valence-corrected chi connectivity index (χ3v) is 11.7. The van der Waals surface area contributed by atoms with Gasteiger partial charge >= 0.3 is 0 Å². The van der Waals surface area contributed by atoms with Gasteiger partial charge in [0.2, 0.25) is 0 Å². The van der Waals surface area contributed by atoms with Crippen LogP contribution in [0.1, 0.15) is 41.5 Å². The van der Waals surface area contributed by atoms with Crippen molar-refractivity contribution in [3.63, 3.8) is 0 Å². The van der Waals surface area contributed by atoms with Crippen LogP contribution in [0.3, 0.4) is 0 Å². The lowest BCUT2D eigenvalue weighted by Gasteiger charge is -2.42. The van der Waals surface area contributed by atoms with Crippen molar-refractivity contribution in [2.45, 2.75) is 58.2 Å². The molecule has 0 spiro atoms. The lowest BCUT2D eigenvalue weighted by atomic mass is 10.0. The second-order valence-corrected chi connectivity index (χ2v) is 13.6. The van der Waals surface area contributed by atoms with Crippen LogP contribution < -0.4 is 4.43 Å². The minimum absolute atomic E-state index is 0.199. The molecule has 0 aliphatic carbocycles.